The molecule has 2 N–H and O–H groups in total. The average Bonchev–Trinajstić information content (AvgIpc) is 3.13. The van der Waals surface area contributed by atoms with E-state index in [2.05, 4.69) is 27.4 Å². The van der Waals surface area contributed by atoms with E-state index in [1.54, 1.807) is 5.38 Å². The standard InChI is InChI=1S/C19H24ClN3O4S2/c20-14-3-1-13(2-4-14)9-23-5-6-27-16(10-23)8-21-17(24)12-29-19-22-15(11-28-19)7-18(25)26/h1,3-4,11,13,16H,2,5-10,12H2,(H,21,24)(H,25,26)/t13?,16-/m0/s1. The molecule has 1 saturated heterocycles. The molecular formula is C19H24ClN3O4S2. The molecule has 3 rings (SSSR count). The molecule has 10 heteroatoms. The molecule has 1 aromatic heterocycles. The number of ether oxygens (including phenoxy) is 1. The molecule has 2 aliphatic rings. The molecule has 2 heterocycles. The molecule has 158 valence electrons. The van der Waals surface area contributed by atoms with Crippen LogP contribution in [0.3, 0.4) is 0 Å². The van der Waals surface area contributed by atoms with Gasteiger partial charge in [-0.05, 0) is 18.4 Å². The predicted octanol–water partition coefficient (Wildman–Crippen LogP) is 2.38. The predicted molar refractivity (Wildman–Crippen MR) is 115 cm³/mol. The Labute approximate surface area is 183 Å². The number of carboxylic acids is 1. The number of hydrogen-bond donors (Lipinski definition) is 2. The molecule has 1 amide bonds. The highest BCUT2D eigenvalue weighted by molar-refractivity contribution is 8.01. The van der Waals surface area contributed by atoms with Crippen LogP contribution in [0.1, 0.15) is 12.1 Å². The van der Waals surface area contributed by atoms with Crippen LogP contribution in [0.25, 0.3) is 0 Å². The van der Waals surface area contributed by atoms with Gasteiger partial charge in [0.05, 0.1) is 30.6 Å². The first-order valence-electron chi connectivity index (χ1n) is 9.41. The molecule has 1 fully saturated rings. The van der Waals surface area contributed by atoms with E-state index < -0.39 is 5.97 Å². The number of halogens is 1. The van der Waals surface area contributed by atoms with Gasteiger partial charge in [-0.3, -0.25) is 14.5 Å². The van der Waals surface area contributed by atoms with Crippen molar-refractivity contribution in [3.63, 3.8) is 0 Å². The van der Waals surface area contributed by atoms with Gasteiger partial charge in [0.2, 0.25) is 5.91 Å². The smallest absolute Gasteiger partial charge is 0.309 e. The Bertz CT molecular complexity index is 783. The maximum Gasteiger partial charge on any atom is 0.309 e. The second-order valence-corrected chi connectivity index (χ2v) is 9.48. The molecule has 1 aliphatic heterocycles. The number of aliphatic carboxylic acids is 1. The number of carbonyl (C=O) groups is 2. The Morgan fingerprint density at radius 3 is 3.10 bits per heavy atom. The van der Waals surface area contributed by atoms with E-state index in [1.165, 1.54) is 23.1 Å². The van der Waals surface area contributed by atoms with Gasteiger partial charge in [-0.1, -0.05) is 35.5 Å². The minimum Gasteiger partial charge on any atom is -0.481 e. The number of rotatable bonds is 9. The van der Waals surface area contributed by atoms with Gasteiger partial charge >= 0.3 is 5.97 Å². The number of hydrogen-bond acceptors (Lipinski definition) is 7. The quantitative estimate of drug-likeness (QED) is 0.550. The molecule has 2 atom stereocenters. The second-order valence-electron chi connectivity index (χ2n) is 6.96. The Morgan fingerprint density at radius 1 is 1.48 bits per heavy atom. The van der Waals surface area contributed by atoms with Crippen molar-refractivity contribution in [1.82, 2.24) is 15.2 Å². The summed E-state index contributed by atoms with van der Waals surface area (Å²) in [5.41, 5.74) is 0.520. The number of morpholine rings is 1. The molecule has 0 saturated carbocycles. The van der Waals surface area contributed by atoms with E-state index in [0.29, 0.717) is 29.1 Å². The molecule has 0 aromatic carbocycles. The lowest BCUT2D eigenvalue weighted by Crippen LogP contribution is -2.48. The van der Waals surface area contributed by atoms with Gasteiger partial charge in [-0.2, -0.15) is 0 Å². The maximum absolute atomic E-state index is 12.1. The first-order chi connectivity index (χ1) is 14.0. The van der Waals surface area contributed by atoms with Gasteiger partial charge in [0.25, 0.3) is 0 Å². The summed E-state index contributed by atoms with van der Waals surface area (Å²) < 4.78 is 6.49. The highest BCUT2D eigenvalue weighted by Crippen LogP contribution is 2.23. The summed E-state index contributed by atoms with van der Waals surface area (Å²) in [5.74, 6) is -0.283. The van der Waals surface area contributed by atoms with E-state index in [1.807, 2.05) is 6.08 Å². The fourth-order valence-electron chi connectivity index (χ4n) is 3.17. The minimum atomic E-state index is -0.911. The van der Waals surface area contributed by atoms with Crippen molar-refractivity contribution < 1.29 is 19.4 Å². The summed E-state index contributed by atoms with van der Waals surface area (Å²) in [4.78, 5) is 29.4. The molecule has 0 radical (unpaired) electrons. The fraction of sp³-hybridized carbons (Fsp3) is 0.526. The molecule has 1 aliphatic carbocycles. The number of nitrogens with zero attached hydrogens (tertiary/aromatic N) is 2. The van der Waals surface area contributed by atoms with Crippen molar-refractivity contribution in [2.24, 2.45) is 5.92 Å². The molecule has 1 unspecified atom stereocenters. The summed E-state index contributed by atoms with van der Waals surface area (Å²) in [6.45, 7) is 3.78. The van der Waals surface area contributed by atoms with E-state index in [9.17, 15) is 9.59 Å². The monoisotopic (exact) mass is 457 g/mol. The van der Waals surface area contributed by atoms with Crippen LogP contribution in [0.4, 0.5) is 0 Å². The Kier molecular flexibility index (Phi) is 8.55. The molecule has 0 spiro atoms. The van der Waals surface area contributed by atoms with Gasteiger partial charge in [0.15, 0.2) is 4.34 Å². The number of amides is 1. The van der Waals surface area contributed by atoms with Crippen LogP contribution >= 0.6 is 34.7 Å². The zero-order valence-corrected chi connectivity index (χ0v) is 18.3. The lowest BCUT2D eigenvalue weighted by molar-refractivity contribution is -0.136. The highest BCUT2D eigenvalue weighted by atomic mass is 35.5. The number of allylic oxidation sites excluding steroid dienone is 3. The largest absolute Gasteiger partial charge is 0.481 e. The molecule has 0 bridgehead atoms. The van der Waals surface area contributed by atoms with E-state index in [4.69, 9.17) is 21.4 Å². The third kappa shape index (κ3) is 7.75. The number of thioether (sulfide) groups is 1. The average molecular weight is 458 g/mol. The van der Waals surface area contributed by atoms with Gasteiger partial charge < -0.3 is 15.2 Å². The van der Waals surface area contributed by atoms with Crippen molar-refractivity contribution in [1.29, 1.82) is 0 Å². The van der Waals surface area contributed by atoms with Crippen LogP contribution in [-0.2, 0) is 20.7 Å². The third-order valence-electron chi connectivity index (χ3n) is 4.58. The fourth-order valence-corrected chi connectivity index (χ4v) is 5.01. The number of aromatic nitrogens is 1. The number of carboxylic acid groups (broad SMARTS) is 1. The van der Waals surface area contributed by atoms with Crippen LogP contribution in [0.5, 0.6) is 0 Å². The Hall–Kier alpha value is -1.39. The van der Waals surface area contributed by atoms with Crippen molar-refractivity contribution in [2.75, 3.05) is 38.5 Å². The number of carbonyl (C=O) groups excluding carboxylic acids is 1. The van der Waals surface area contributed by atoms with Gasteiger partial charge in [-0.25, -0.2) is 4.98 Å². The first kappa shape index (κ1) is 22.3. The van der Waals surface area contributed by atoms with Crippen LogP contribution in [0.2, 0.25) is 0 Å². The topological polar surface area (TPSA) is 91.8 Å². The maximum atomic E-state index is 12.1. The minimum absolute atomic E-state index is 0.0218. The van der Waals surface area contributed by atoms with Gasteiger partial charge in [0, 0.05) is 36.6 Å². The zero-order valence-electron chi connectivity index (χ0n) is 15.9. The summed E-state index contributed by atoms with van der Waals surface area (Å²) in [6.07, 6.45) is 7.00. The van der Waals surface area contributed by atoms with Crippen molar-refractivity contribution >= 4 is 46.6 Å². The van der Waals surface area contributed by atoms with E-state index in [-0.39, 0.29) is 24.2 Å². The van der Waals surface area contributed by atoms with E-state index >= 15 is 0 Å². The summed E-state index contributed by atoms with van der Waals surface area (Å²) >= 11 is 8.65. The highest BCUT2D eigenvalue weighted by Gasteiger charge is 2.23. The molecule has 29 heavy (non-hydrogen) atoms. The number of nitrogens with one attached hydrogen (secondary N) is 1. The van der Waals surface area contributed by atoms with Crippen molar-refractivity contribution in [3.05, 3.63) is 34.3 Å². The van der Waals surface area contributed by atoms with Crippen LogP contribution in [0, 0.1) is 5.92 Å². The van der Waals surface area contributed by atoms with E-state index in [0.717, 1.165) is 31.1 Å². The Balaban J connectivity index is 1.34. The van der Waals surface area contributed by atoms with Crippen LogP contribution in [0.15, 0.2) is 33.0 Å². The van der Waals surface area contributed by atoms with Crippen LogP contribution in [-0.4, -0.2) is 71.5 Å². The summed E-state index contributed by atoms with van der Waals surface area (Å²) in [7, 11) is 0. The number of thiazole rings is 1. The van der Waals surface area contributed by atoms with Crippen molar-refractivity contribution in [2.45, 2.75) is 23.3 Å². The zero-order chi connectivity index (χ0) is 20.6. The second kappa shape index (κ2) is 11.1. The Morgan fingerprint density at radius 2 is 2.34 bits per heavy atom. The SMILES string of the molecule is O=C(O)Cc1csc(SCC(=O)NC[C@H]2CN(CC3C=CC(Cl)=CC3)CCO2)n1. The van der Waals surface area contributed by atoms with Crippen LogP contribution < -0.4 is 5.32 Å². The van der Waals surface area contributed by atoms with Gasteiger partial charge in [0.1, 0.15) is 0 Å². The molecule has 1 aromatic rings. The first-order valence-corrected chi connectivity index (χ1v) is 11.7. The third-order valence-corrected chi connectivity index (χ3v) is 6.93. The lowest BCUT2D eigenvalue weighted by atomic mass is 10.00. The normalized spacial score (nSPS) is 22.3. The van der Waals surface area contributed by atoms with Gasteiger partial charge in [-0.15, -0.1) is 11.3 Å². The summed E-state index contributed by atoms with van der Waals surface area (Å²) in [5, 5.41) is 14.2. The lowest BCUT2D eigenvalue weighted by Gasteiger charge is -2.34. The molecule has 7 nitrogen and oxygen atoms in total. The molecular weight excluding hydrogens is 434 g/mol. The van der Waals surface area contributed by atoms with Crippen molar-refractivity contribution in [3.8, 4) is 0 Å². The summed E-state index contributed by atoms with van der Waals surface area (Å²) in [6, 6.07) is 0.